The minimum Gasteiger partial charge on any atom is -0.310 e. The van der Waals surface area contributed by atoms with E-state index in [9.17, 15) is 10.1 Å². The Balaban J connectivity index is 0.00000144. The summed E-state index contributed by atoms with van der Waals surface area (Å²) >= 11 is 0. The zero-order chi connectivity index (χ0) is 14.4. The number of benzene rings is 1. The zero-order valence-corrected chi connectivity index (χ0v) is 13.4. The average Bonchev–Trinajstić information content (AvgIpc) is 3.17. The molecule has 1 aromatic rings. The first-order valence-corrected chi connectivity index (χ1v) is 8.19. The van der Waals surface area contributed by atoms with Gasteiger partial charge in [-0.25, -0.2) is 0 Å². The van der Waals surface area contributed by atoms with E-state index < -0.39 is 0 Å². The first-order chi connectivity index (χ1) is 10.2. The maximum absolute atomic E-state index is 10.8. The van der Waals surface area contributed by atoms with Crippen LogP contribution in [0.15, 0.2) is 24.3 Å². The van der Waals surface area contributed by atoms with Crippen molar-refractivity contribution in [3.8, 4) is 0 Å². The van der Waals surface area contributed by atoms with E-state index in [0.29, 0.717) is 6.04 Å². The fraction of sp³-hybridized carbons (Fsp3) is 0.647. The van der Waals surface area contributed by atoms with Crippen molar-refractivity contribution in [2.75, 3.05) is 0 Å². The normalized spacial score (nSPS) is 35.2. The van der Waals surface area contributed by atoms with E-state index in [4.69, 9.17) is 0 Å². The smallest absolute Gasteiger partial charge is 0.269 e. The molecule has 5 heteroatoms. The molecule has 3 aliphatic rings. The topological polar surface area (TPSA) is 55.2 Å². The van der Waals surface area contributed by atoms with Crippen molar-refractivity contribution in [3.63, 3.8) is 0 Å². The van der Waals surface area contributed by atoms with E-state index in [0.717, 1.165) is 35.8 Å². The molecule has 3 saturated carbocycles. The highest BCUT2D eigenvalue weighted by Gasteiger charge is 2.53. The minimum atomic E-state index is -0.315. The molecule has 2 bridgehead atoms. The number of non-ortho nitro benzene ring substituents is 1. The highest BCUT2D eigenvalue weighted by molar-refractivity contribution is 5.85. The molecule has 0 spiro atoms. The van der Waals surface area contributed by atoms with Crippen LogP contribution in [0.1, 0.15) is 37.7 Å². The molecule has 120 valence electrons. The molecule has 3 aliphatic carbocycles. The molecule has 0 aliphatic heterocycles. The largest absolute Gasteiger partial charge is 0.310 e. The van der Waals surface area contributed by atoms with Gasteiger partial charge in [0.05, 0.1) is 4.92 Å². The maximum atomic E-state index is 10.8. The summed E-state index contributed by atoms with van der Waals surface area (Å²) in [6.45, 7) is 0.757. The van der Waals surface area contributed by atoms with Gasteiger partial charge in [-0.1, -0.05) is 18.6 Å². The van der Waals surface area contributed by atoms with Crippen LogP contribution in [0.2, 0.25) is 0 Å². The third-order valence-electron chi connectivity index (χ3n) is 6.12. The van der Waals surface area contributed by atoms with Crippen LogP contribution in [0.3, 0.4) is 0 Å². The number of fused-ring (bicyclic) bond motifs is 5. The van der Waals surface area contributed by atoms with Crippen LogP contribution in [0.25, 0.3) is 0 Å². The molecule has 0 aromatic heterocycles. The summed E-state index contributed by atoms with van der Waals surface area (Å²) in [4.78, 5) is 10.5. The lowest BCUT2D eigenvalue weighted by atomic mass is 9.79. The van der Waals surface area contributed by atoms with Gasteiger partial charge in [0.2, 0.25) is 0 Å². The number of halogens is 1. The Morgan fingerprint density at radius 1 is 1.18 bits per heavy atom. The Labute approximate surface area is 137 Å². The molecule has 4 nitrogen and oxygen atoms in total. The molecule has 5 unspecified atom stereocenters. The van der Waals surface area contributed by atoms with Crippen LogP contribution in [-0.2, 0) is 6.54 Å². The number of rotatable bonds is 4. The summed E-state index contributed by atoms with van der Waals surface area (Å²) in [5.74, 6) is 3.79. The molecule has 1 N–H and O–H groups in total. The van der Waals surface area contributed by atoms with Gasteiger partial charge in [0.25, 0.3) is 5.69 Å². The second-order valence-corrected chi connectivity index (χ2v) is 7.07. The molecule has 4 rings (SSSR count). The highest BCUT2D eigenvalue weighted by atomic mass is 35.5. The van der Waals surface area contributed by atoms with Crippen LogP contribution in [0, 0.1) is 33.8 Å². The number of hydrogen-bond donors (Lipinski definition) is 1. The predicted molar refractivity (Wildman–Crippen MR) is 88.0 cm³/mol. The Morgan fingerprint density at radius 3 is 2.82 bits per heavy atom. The van der Waals surface area contributed by atoms with Crippen molar-refractivity contribution in [3.05, 3.63) is 39.9 Å². The first kappa shape index (κ1) is 15.8. The SMILES string of the molecule is Cl.O=[N+]([O-])c1cccc(CNC2CC3CC2C2CCCC32)c1. The van der Waals surface area contributed by atoms with Gasteiger partial charge < -0.3 is 5.32 Å². The monoisotopic (exact) mass is 322 g/mol. The minimum absolute atomic E-state index is 0. The third kappa shape index (κ3) is 2.63. The number of hydrogen-bond acceptors (Lipinski definition) is 3. The van der Waals surface area contributed by atoms with Gasteiger partial charge in [-0.2, -0.15) is 0 Å². The molecule has 1 aromatic carbocycles. The van der Waals surface area contributed by atoms with Gasteiger partial charge in [-0.05, 0) is 54.9 Å². The average molecular weight is 323 g/mol. The fourth-order valence-electron chi connectivity index (χ4n) is 5.33. The summed E-state index contributed by atoms with van der Waals surface area (Å²) in [5.41, 5.74) is 1.22. The number of nitrogens with zero attached hydrogens (tertiary/aromatic N) is 1. The van der Waals surface area contributed by atoms with Gasteiger partial charge in [-0.3, -0.25) is 10.1 Å². The van der Waals surface area contributed by atoms with Crippen LogP contribution >= 0.6 is 12.4 Å². The second-order valence-electron chi connectivity index (χ2n) is 7.07. The molecule has 0 amide bonds. The molecule has 22 heavy (non-hydrogen) atoms. The lowest BCUT2D eigenvalue weighted by Crippen LogP contribution is -2.38. The maximum Gasteiger partial charge on any atom is 0.269 e. The standard InChI is InChI=1S/C17H22N2O2.ClH/c20-19(21)13-4-1-3-11(7-13)10-18-17-9-12-8-16(17)15-6-2-5-14(12)15;/h1,3-4,7,12,14-18H,2,5-6,8-10H2;1H. The summed E-state index contributed by atoms with van der Waals surface area (Å²) in [7, 11) is 0. The van der Waals surface area contributed by atoms with Crippen molar-refractivity contribution < 1.29 is 4.92 Å². The third-order valence-corrected chi connectivity index (χ3v) is 6.12. The summed E-state index contributed by atoms with van der Waals surface area (Å²) in [6, 6.07) is 7.64. The van der Waals surface area contributed by atoms with Crippen molar-refractivity contribution in [1.29, 1.82) is 0 Å². The zero-order valence-electron chi connectivity index (χ0n) is 12.6. The Bertz CT molecular complexity index is 565. The van der Waals surface area contributed by atoms with Gasteiger partial charge in [0.15, 0.2) is 0 Å². The molecule has 0 heterocycles. The predicted octanol–water partition coefficient (Wildman–Crippen LogP) is 3.93. The molecule has 0 radical (unpaired) electrons. The van der Waals surface area contributed by atoms with Crippen molar-refractivity contribution in [2.24, 2.45) is 23.7 Å². The molecule has 5 atom stereocenters. The van der Waals surface area contributed by atoms with Gasteiger partial charge in [-0.15, -0.1) is 12.4 Å². The van der Waals surface area contributed by atoms with Crippen molar-refractivity contribution in [2.45, 2.75) is 44.7 Å². The van der Waals surface area contributed by atoms with E-state index in [1.54, 1.807) is 18.2 Å². The van der Waals surface area contributed by atoms with E-state index in [1.807, 2.05) is 6.07 Å². The van der Waals surface area contributed by atoms with Crippen molar-refractivity contribution >= 4 is 18.1 Å². The van der Waals surface area contributed by atoms with E-state index in [2.05, 4.69) is 5.32 Å². The van der Waals surface area contributed by atoms with E-state index in [-0.39, 0.29) is 23.0 Å². The molecular formula is C17H23ClN2O2. The Morgan fingerprint density at radius 2 is 2.00 bits per heavy atom. The highest BCUT2D eigenvalue weighted by Crippen LogP contribution is 2.58. The van der Waals surface area contributed by atoms with E-state index >= 15 is 0 Å². The van der Waals surface area contributed by atoms with Crippen LogP contribution in [0.5, 0.6) is 0 Å². The quantitative estimate of drug-likeness (QED) is 0.675. The lowest BCUT2D eigenvalue weighted by molar-refractivity contribution is -0.384. The van der Waals surface area contributed by atoms with Gasteiger partial charge in [0, 0.05) is 24.7 Å². The Kier molecular flexibility index (Phi) is 4.42. The van der Waals surface area contributed by atoms with Crippen molar-refractivity contribution in [1.82, 2.24) is 5.32 Å². The first-order valence-electron chi connectivity index (χ1n) is 8.19. The molecule has 3 fully saturated rings. The van der Waals surface area contributed by atoms with Crippen LogP contribution < -0.4 is 5.32 Å². The second kappa shape index (κ2) is 6.17. The van der Waals surface area contributed by atoms with Crippen LogP contribution in [0.4, 0.5) is 5.69 Å². The van der Waals surface area contributed by atoms with Gasteiger partial charge >= 0.3 is 0 Å². The summed E-state index contributed by atoms with van der Waals surface area (Å²) < 4.78 is 0. The van der Waals surface area contributed by atoms with Gasteiger partial charge in [0.1, 0.15) is 0 Å². The molecular weight excluding hydrogens is 300 g/mol. The van der Waals surface area contributed by atoms with E-state index in [1.165, 1.54) is 32.1 Å². The lowest BCUT2D eigenvalue weighted by Gasteiger charge is -2.32. The molecule has 0 saturated heterocycles. The summed E-state index contributed by atoms with van der Waals surface area (Å²) in [6.07, 6.45) is 7.06. The van der Waals surface area contributed by atoms with Crippen LogP contribution in [-0.4, -0.2) is 11.0 Å². The number of nitro benzene ring substituents is 1. The Hall–Kier alpha value is -1.13. The fourth-order valence-corrected chi connectivity index (χ4v) is 5.33. The number of nitrogens with one attached hydrogen (secondary N) is 1. The number of nitro groups is 1. The summed E-state index contributed by atoms with van der Waals surface area (Å²) in [5, 5.41) is 14.5.